The zero-order chi connectivity index (χ0) is 20.2. The van der Waals surface area contributed by atoms with Gasteiger partial charge in [0.15, 0.2) is 0 Å². The zero-order valence-electron chi connectivity index (χ0n) is 16.2. The standard InChI is InChI=1S/C22H22FN5O/c1-15(29)28-10-4-6-17(14-28)22-26-20(16-5-3-9-24-13-16)12-21(27-22)25-19-8-2-7-18(23)11-19/h2-3,5,7-9,11-13,17H,4,6,10,14H2,1H3,(H,25,26,27). The molecule has 3 heterocycles. The van der Waals surface area contributed by atoms with Crippen LogP contribution >= 0.6 is 0 Å². The summed E-state index contributed by atoms with van der Waals surface area (Å²) in [5.74, 6) is 1.06. The van der Waals surface area contributed by atoms with E-state index in [2.05, 4.69) is 10.3 Å². The smallest absolute Gasteiger partial charge is 0.219 e. The fraction of sp³-hybridized carbons (Fsp3) is 0.273. The summed E-state index contributed by atoms with van der Waals surface area (Å²) in [5.41, 5.74) is 2.22. The maximum atomic E-state index is 13.6. The molecule has 0 spiro atoms. The highest BCUT2D eigenvalue weighted by atomic mass is 19.1. The Balaban J connectivity index is 1.71. The first-order chi connectivity index (χ1) is 14.1. The number of likely N-dealkylation sites (tertiary alicyclic amines) is 1. The summed E-state index contributed by atoms with van der Waals surface area (Å²) >= 11 is 0. The van der Waals surface area contributed by atoms with Crippen molar-refractivity contribution in [2.24, 2.45) is 0 Å². The number of carbonyl (C=O) groups excluding carboxylic acids is 1. The van der Waals surface area contributed by atoms with Crippen LogP contribution in [0.2, 0.25) is 0 Å². The molecule has 0 bridgehead atoms. The minimum atomic E-state index is -0.318. The predicted octanol–water partition coefficient (Wildman–Crippen LogP) is 4.15. The molecule has 1 aliphatic heterocycles. The number of rotatable bonds is 4. The third-order valence-electron chi connectivity index (χ3n) is 5.03. The molecular weight excluding hydrogens is 369 g/mol. The van der Waals surface area contributed by atoms with E-state index in [1.54, 1.807) is 31.5 Å². The third-order valence-corrected chi connectivity index (χ3v) is 5.03. The summed E-state index contributed by atoms with van der Waals surface area (Å²) < 4.78 is 13.6. The van der Waals surface area contributed by atoms with Crippen molar-refractivity contribution in [2.45, 2.75) is 25.7 Å². The number of hydrogen-bond acceptors (Lipinski definition) is 5. The van der Waals surface area contributed by atoms with E-state index in [0.717, 1.165) is 30.6 Å². The Bertz CT molecular complexity index is 1010. The van der Waals surface area contributed by atoms with Gasteiger partial charge < -0.3 is 10.2 Å². The Hall–Kier alpha value is -3.35. The van der Waals surface area contributed by atoms with Gasteiger partial charge in [-0.15, -0.1) is 0 Å². The van der Waals surface area contributed by atoms with Crippen LogP contribution in [0.25, 0.3) is 11.3 Å². The van der Waals surface area contributed by atoms with Gasteiger partial charge in [0.25, 0.3) is 0 Å². The summed E-state index contributed by atoms with van der Waals surface area (Å²) in [6.07, 6.45) is 5.29. The van der Waals surface area contributed by atoms with E-state index >= 15 is 0 Å². The van der Waals surface area contributed by atoms with Gasteiger partial charge in [-0.3, -0.25) is 9.78 Å². The van der Waals surface area contributed by atoms with Gasteiger partial charge in [0.1, 0.15) is 17.5 Å². The molecule has 1 saturated heterocycles. The number of anilines is 2. The van der Waals surface area contributed by atoms with Crippen LogP contribution in [0.15, 0.2) is 54.9 Å². The van der Waals surface area contributed by atoms with Gasteiger partial charge in [-0.1, -0.05) is 6.07 Å². The maximum absolute atomic E-state index is 13.6. The summed E-state index contributed by atoms with van der Waals surface area (Å²) in [5, 5.41) is 3.18. The van der Waals surface area contributed by atoms with Gasteiger partial charge in [-0.25, -0.2) is 14.4 Å². The van der Waals surface area contributed by atoms with Crippen LogP contribution in [-0.2, 0) is 4.79 Å². The molecule has 0 aliphatic carbocycles. The number of carbonyl (C=O) groups is 1. The Labute approximate surface area is 168 Å². The number of hydrogen-bond donors (Lipinski definition) is 1. The molecule has 0 saturated carbocycles. The van der Waals surface area contributed by atoms with Crippen molar-refractivity contribution in [3.8, 4) is 11.3 Å². The number of nitrogens with zero attached hydrogens (tertiary/aromatic N) is 4. The van der Waals surface area contributed by atoms with Crippen molar-refractivity contribution in [3.63, 3.8) is 0 Å². The van der Waals surface area contributed by atoms with Crippen molar-refractivity contribution in [3.05, 3.63) is 66.5 Å². The van der Waals surface area contributed by atoms with Crippen molar-refractivity contribution in [1.29, 1.82) is 0 Å². The van der Waals surface area contributed by atoms with E-state index < -0.39 is 0 Å². The number of halogens is 1. The molecule has 1 amide bonds. The maximum Gasteiger partial charge on any atom is 0.219 e. The molecule has 3 aromatic rings. The minimum Gasteiger partial charge on any atom is -0.342 e. The van der Waals surface area contributed by atoms with Crippen molar-refractivity contribution in [1.82, 2.24) is 19.9 Å². The number of aromatic nitrogens is 3. The Morgan fingerprint density at radius 3 is 2.86 bits per heavy atom. The lowest BCUT2D eigenvalue weighted by Gasteiger charge is -2.31. The van der Waals surface area contributed by atoms with E-state index in [4.69, 9.17) is 9.97 Å². The fourth-order valence-corrected chi connectivity index (χ4v) is 3.56. The van der Waals surface area contributed by atoms with Gasteiger partial charge in [-0.2, -0.15) is 0 Å². The second-order valence-electron chi connectivity index (χ2n) is 7.18. The lowest BCUT2D eigenvalue weighted by molar-refractivity contribution is -0.130. The van der Waals surface area contributed by atoms with Crippen LogP contribution in [0.5, 0.6) is 0 Å². The van der Waals surface area contributed by atoms with Gasteiger partial charge in [0.05, 0.1) is 5.69 Å². The van der Waals surface area contributed by atoms with E-state index in [9.17, 15) is 9.18 Å². The molecule has 2 aromatic heterocycles. The van der Waals surface area contributed by atoms with Crippen molar-refractivity contribution in [2.75, 3.05) is 18.4 Å². The van der Waals surface area contributed by atoms with Crippen molar-refractivity contribution < 1.29 is 9.18 Å². The van der Waals surface area contributed by atoms with Gasteiger partial charge in [-0.05, 0) is 43.2 Å². The molecule has 1 aliphatic rings. The Morgan fingerprint density at radius 2 is 2.10 bits per heavy atom. The molecular formula is C22H22FN5O. The van der Waals surface area contributed by atoms with Gasteiger partial charge >= 0.3 is 0 Å². The molecule has 1 aromatic carbocycles. The monoisotopic (exact) mass is 391 g/mol. The average molecular weight is 391 g/mol. The first-order valence-corrected chi connectivity index (χ1v) is 9.66. The zero-order valence-corrected chi connectivity index (χ0v) is 16.2. The first kappa shape index (κ1) is 19.0. The minimum absolute atomic E-state index is 0.0531. The largest absolute Gasteiger partial charge is 0.342 e. The summed E-state index contributed by atoms with van der Waals surface area (Å²) in [4.78, 5) is 27.3. The van der Waals surface area contributed by atoms with E-state index in [0.29, 0.717) is 23.9 Å². The molecule has 1 fully saturated rings. The molecule has 7 heteroatoms. The molecule has 1 N–H and O–H groups in total. The molecule has 1 unspecified atom stereocenters. The van der Waals surface area contributed by atoms with E-state index in [1.165, 1.54) is 12.1 Å². The second-order valence-corrected chi connectivity index (χ2v) is 7.18. The predicted molar refractivity (Wildman–Crippen MR) is 109 cm³/mol. The summed E-state index contributed by atoms with van der Waals surface area (Å²) in [6.45, 7) is 2.96. The Morgan fingerprint density at radius 1 is 1.21 bits per heavy atom. The number of benzene rings is 1. The van der Waals surface area contributed by atoms with Crippen molar-refractivity contribution >= 4 is 17.4 Å². The number of pyridine rings is 1. The van der Waals surface area contributed by atoms with Gasteiger partial charge in [0, 0.05) is 55.6 Å². The molecule has 6 nitrogen and oxygen atoms in total. The number of amides is 1. The average Bonchev–Trinajstić information content (AvgIpc) is 2.74. The lowest BCUT2D eigenvalue weighted by Crippen LogP contribution is -2.38. The summed E-state index contributed by atoms with van der Waals surface area (Å²) in [6, 6.07) is 11.9. The molecule has 29 heavy (non-hydrogen) atoms. The molecule has 148 valence electrons. The highest BCUT2D eigenvalue weighted by molar-refractivity contribution is 5.73. The molecule has 0 radical (unpaired) electrons. The lowest BCUT2D eigenvalue weighted by atomic mass is 9.97. The van der Waals surface area contributed by atoms with Crippen LogP contribution in [-0.4, -0.2) is 38.8 Å². The topological polar surface area (TPSA) is 71.0 Å². The second kappa shape index (κ2) is 8.34. The normalized spacial score (nSPS) is 16.5. The van der Waals surface area contributed by atoms with Crippen LogP contribution in [0.4, 0.5) is 15.9 Å². The quantitative estimate of drug-likeness (QED) is 0.724. The molecule has 4 rings (SSSR count). The Kier molecular flexibility index (Phi) is 5.46. The number of piperidine rings is 1. The van der Waals surface area contributed by atoms with Gasteiger partial charge in [0.2, 0.25) is 5.91 Å². The first-order valence-electron chi connectivity index (χ1n) is 9.66. The van der Waals surface area contributed by atoms with E-state index in [-0.39, 0.29) is 17.6 Å². The third kappa shape index (κ3) is 4.56. The fourth-order valence-electron chi connectivity index (χ4n) is 3.56. The van der Waals surface area contributed by atoms with E-state index in [1.807, 2.05) is 23.1 Å². The SMILES string of the molecule is CC(=O)N1CCCC(c2nc(Nc3cccc(F)c3)cc(-c3cccnc3)n2)C1. The number of nitrogens with one attached hydrogen (secondary N) is 1. The van der Waals surface area contributed by atoms with Crippen LogP contribution < -0.4 is 5.32 Å². The van der Waals surface area contributed by atoms with Crippen LogP contribution in [0.3, 0.4) is 0 Å². The van der Waals surface area contributed by atoms with Crippen LogP contribution in [0.1, 0.15) is 31.5 Å². The highest BCUT2D eigenvalue weighted by Gasteiger charge is 2.25. The summed E-state index contributed by atoms with van der Waals surface area (Å²) in [7, 11) is 0. The molecule has 1 atom stereocenters. The van der Waals surface area contributed by atoms with Crippen LogP contribution in [0, 0.1) is 5.82 Å². The highest BCUT2D eigenvalue weighted by Crippen LogP contribution is 2.29.